The first-order valence-electron chi connectivity index (χ1n) is 7.82. The lowest BCUT2D eigenvalue weighted by Crippen LogP contribution is -2.25. The second kappa shape index (κ2) is 6.31. The second-order valence-corrected chi connectivity index (χ2v) is 5.77. The van der Waals surface area contributed by atoms with Gasteiger partial charge in [0.2, 0.25) is 0 Å². The quantitative estimate of drug-likeness (QED) is 0.891. The maximum absolute atomic E-state index is 5.74. The van der Waals surface area contributed by atoms with E-state index in [2.05, 4.69) is 61.6 Å². The smallest absolute Gasteiger partial charge is 0.122 e. The lowest BCUT2D eigenvalue weighted by Gasteiger charge is -2.17. The summed E-state index contributed by atoms with van der Waals surface area (Å²) >= 11 is 0. The van der Waals surface area contributed by atoms with E-state index in [1.54, 1.807) is 0 Å². The van der Waals surface area contributed by atoms with E-state index < -0.39 is 0 Å². The zero-order valence-electron chi connectivity index (χ0n) is 12.8. The van der Waals surface area contributed by atoms with Crippen molar-refractivity contribution in [2.75, 3.05) is 13.2 Å². The second-order valence-electron chi connectivity index (χ2n) is 5.77. The van der Waals surface area contributed by atoms with Gasteiger partial charge >= 0.3 is 0 Å². The van der Waals surface area contributed by atoms with Gasteiger partial charge in [-0.25, -0.2) is 0 Å². The van der Waals surface area contributed by atoms with Crippen LogP contribution in [0.4, 0.5) is 0 Å². The lowest BCUT2D eigenvalue weighted by atomic mass is 10.00. The Morgan fingerprint density at radius 2 is 1.90 bits per heavy atom. The normalized spacial score (nSPS) is 18.1. The molecule has 3 rings (SSSR count). The molecule has 1 aliphatic heterocycles. The molecule has 0 aliphatic carbocycles. The van der Waals surface area contributed by atoms with E-state index in [0.29, 0.717) is 12.0 Å². The lowest BCUT2D eigenvalue weighted by molar-refractivity contribution is 0.323. The Morgan fingerprint density at radius 1 is 1.14 bits per heavy atom. The molecule has 0 aromatic heterocycles. The number of rotatable bonds is 5. The van der Waals surface area contributed by atoms with E-state index in [4.69, 9.17) is 4.74 Å². The Labute approximate surface area is 127 Å². The van der Waals surface area contributed by atoms with Gasteiger partial charge in [-0.05, 0) is 30.5 Å². The molecular weight excluding hydrogens is 258 g/mol. The molecule has 0 saturated heterocycles. The number of benzene rings is 2. The van der Waals surface area contributed by atoms with Crippen molar-refractivity contribution in [2.45, 2.75) is 32.2 Å². The SMILES string of the molecule is CCc1ccc(C(C)NCC2COc3ccccc32)cc1. The zero-order valence-corrected chi connectivity index (χ0v) is 12.8. The first-order chi connectivity index (χ1) is 10.3. The van der Waals surface area contributed by atoms with Gasteiger partial charge in [-0.1, -0.05) is 49.4 Å². The van der Waals surface area contributed by atoms with E-state index in [9.17, 15) is 0 Å². The van der Waals surface area contributed by atoms with Crippen LogP contribution in [0.25, 0.3) is 0 Å². The van der Waals surface area contributed by atoms with E-state index in [0.717, 1.165) is 25.3 Å². The third-order valence-corrected chi connectivity index (χ3v) is 4.36. The summed E-state index contributed by atoms with van der Waals surface area (Å²) in [6.45, 7) is 6.15. The molecule has 21 heavy (non-hydrogen) atoms. The largest absolute Gasteiger partial charge is 0.493 e. The highest BCUT2D eigenvalue weighted by Gasteiger charge is 2.23. The standard InChI is InChI=1S/C19H23NO/c1-3-15-8-10-16(11-9-15)14(2)20-12-17-13-21-19-7-5-4-6-18(17)19/h4-11,14,17,20H,3,12-13H2,1-2H3. The summed E-state index contributed by atoms with van der Waals surface area (Å²) in [5, 5.41) is 3.64. The van der Waals surface area contributed by atoms with Gasteiger partial charge in [0, 0.05) is 24.1 Å². The number of hydrogen-bond donors (Lipinski definition) is 1. The topological polar surface area (TPSA) is 21.3 Å². The summed E-state index contributed by atoms with van der Waals surface area (Å²) in [5.41, 5.74) is 4.07. The fourth-order valence-electron chi connectivity index (χ4n) is 2.88. The van der Waals surface area contributed by atoms with Gasteiger partial charge < -0.3 is 10.1 Å². The molecule has 0 spiro atoms. The van der Waals surface area contributed by atoms with Gasteiger partial charge in [-0.2, -0.15) is 0 Å². The first-order valence-corrected chi connectivity index (χ1v) is 7.82. The minimum atomic E-state index is 0.365. The van der Waals surface area contributed by atoms with Crippen LogP contribution >= 0.6 is 0 Å². The van der Waals surface area contributed by atoms with Gasteiger partial charge in [-0.3, -0.25) is 0 Å². The van der Waals surface area contributed by atoms with Crippen LogP contribution in [0.15, 0.2) is 48.5 Å². The molecule has 0 bridgehead atoms. The maximum Gasteiger partial charge on any atom is 0.122 e. The van der Waals surface area contributed by atoms with Crippen molar-refractivity contribution in [1.29, 1.82) is 0 Å². The number of para-hydroxylation sites is 1. The van der Waals surface area contributed by atoms with Crippen LogP contribution in [0, 0.1) is 0 Å². The summed E-state index contributed by atoms with van der Waals surface area (Å²) in [5.74, 6) is 1.50. The Kier molecular flexibility index (Phi) is 4.26. The van der Waals surface area contributed by atoms with Gasteiger partial charge in [0.1, 0.15) is 5.75 Å². The summed E-state index contributed by atoms with van der Waals surface area (Å²) in [6.07, 6.45) is 1.10. The molecule has 110 valence electrons. The molecule has 1 N–H and O–H groups in total. The van der Waals surface area contributed by atoms with Gasteiger partial charge in [-0.15, -0.1) is 0 Å². The summed E-state index contributed by atoms with van der Waals surface area (Å²) < 4.78 is 5.74. The zero-order chi connectivity index (χ0) is 14.7. The van der Waals surface area contributed by atoms with E-state index >= 15 is 0 Å². The molecule has 2 atom stereocenters. The highest BCUT2D eigenvalue weighted by atomic mass is 16.5. The Hall–Kier alpha value is -1.80. The van der Waals surface area contributed by atoms with Crippen LogP contribution in [0.5, 0.6) is 5.75 Å². The van der Waals surface area contributed by atoms with Crippen molar-refractivity contribution in [3.05, 3.63) is 65.2 Å². The first kappa shape index (κ1) is 14.2. The molecule has 0 saturated carbocycles. The average molecular weight is 281 g/mol. The Balaban J connectivity index is 1.60. The van der Waals surface area contributed by atoms with Crippen molar-refractivity contribution in [3.63, 3.8) is 0 Å². The fraction of sp³-hybridized carbons (Fsp3) is 0.368. The molecule has 2 aromatic carbocycles. The summed E-state index contributed by atoms with van der Waals surface area (Å²) in [7, 11) is 0. The van der Waals surface area contributed by atoms with E-state index in [-0.39, 0.29) is 0 Å². The monoisotopic (exact) mass is 281 g/mol. The van der Waals surface area contributed by atoms with Crippen molar-refractivity contribution in [3.8, 4) is 5.75 Å². The number of aryl methyl sites for hydroxylation is 1. The molecule has 0 amide bonds. The summed E-state index contributed by atoms with van der Waals surface area (Å²) in [4.78, 5) is 0. The number of hydrogen-bond acceptors (Lipinski definition) is 2. The van der Waals surface area contributed by atoms with Crippen LogP contribution in [0.2, 0.25) is 0 Å². The molecule has 2 nitrogen and oxygen atoms in total. The number of fused-ring (bicyclic) bond motifs is 1. The molecule has 0 radical (unpaired) electrons. The Morgan fingerprint density at radius 3 is 2.67 bits per heavy atom. The van der Waals surface area contributed by atoms with Crippen LogP contribution in [0.1, 0.15) is 42.5 Å². The summed E-state index contributed by atoms with van der Waals surface area (Å²) in [6, 6.07) is 17.6. The van der Waals surface area contributed by atoms with Gasteiger partial charge in [0.15, 0.2) is 0 Å². The van der Waals surface area contributed by atoms with Crippen molar-refractivity contribution >= 4 is 0 Å². The van der Waals surface area contributed by atoms with Crippen molar-refractivity contribution in [1.82, 2.24) is 5.32 Å². The highest BCUT2D eigenvalue weighted by molar-refractivity contribution is 5.39. The third-order valence-electron chi connectivity index (χ3n) is 4.36. The minimum absolute atomic E-state index is 0.365. The minimum Gasteiger partial charge on any atom is -0.493 e. The van der Waals surface area contributed by atoms with Gasteiger partial charge in [0.25, 0.3) is 0 Å². The number of ether oxygens (including phenoxy) is 1. The molecule has 0 fully saturated rings. The van der Waals surface area contributed by atoms with Crippen molar-refractivity contribution < 1.29 is 4.74 Å². The van der Waals surface area contributed by atoms with Crippen LogP contribution in [-0.2, 0) is 6.42 Å². The molecule has 2 unspecified atom stereocenters. The van der Waals surface area contributed by atoms with E-state index in [1.165, 1.54) is 16.7 Å². The Bertz CT molecular complexity index is 591. The van der Waals surface area contributed by atoms with Crippen LogP contribution in [-0.4, -0.2) is 13.2 Å². The molecular formula is C19H23NO. The highest BCUT2D eigenvalue weighted by Crippen LogP contribution is 2.33. The fourth-order valence-corrected chi connectivity index (χ4v) is 2.88. The predicted molar refractivity (Wildman–Crippen MR) is 86.9 cm³/mol. The van der Waals surface area contributed by atoms with Crippen LogP contribution in [0.3, 0.4) is 0 Å². The number of nitrogens with one attached hydrogen (secondary N) is 1. The average Bonchev–Trinajstić information content (AvgIpc) is 2.96. The maximum atomic E-state index is 5.74. The van der Waals surface area contributed by atoms with E-state index in [1.807, 2.05) is 6.07 Å². The molecule has 2 aromatic rings. The third kappa shape index (κ3) is 3.11. The van der Waals surface area contributed by atoms with Crippen molar-refractivity contribution in [2.24, 2.45) is 0 Å². The predicted octanol–water partition coefficient (Wildman–Crippen LogP) is 4.08. The molecule has 2 heteroatoms. The van der Waals surface area contributed by atoms with Gasteiger partial charge in [0.05, 0.1) is 6.61 Å². The molecule has 1 aliphatic rings. The molecule has 1 heterocycles. The van der Waals surface area contributed by atoms with Crippen LogP contribution < -0.4 is 10.1 Å².